The lowest BCUT2D eigenvalue weighted by Gasteiger charge is -2.37. The molecule has 0 aromatic heterocycles. The van der Waals surface area contributed by atoms with E-state index < -0.39 is 0 Å². The molecule has 0 saturated carbocycles. The molecular formula is C19H35N3O3. The number of nitrogens with zero attached hydrogens (tertiary/aromatic N) is 2. The number of ether oxygens (including phenoxy) is 1. The first-order valence-electron chi connectivity index (χ1n) is 9.76. The topological polar surface area (TPSA) is 61.9 Å². The first-order chi connectivity index (χ1) is 12.0. The molecule has 0 aromatic carbocycles. The van der Waals surface area contributed by atoms with Gasteiger partial charge in [-0.3, -0.25) is 14.5 Å². The second-order valence-corrected chi connectivity index (χ2v) is 7.93. The fraction of sp³-hybridized carbons (Fsp3) is 0.895. The first-order valence-corrected chi connectivity index (χ1v) is 9.76. The number of hydrogen-bond acceptors (Lipinski definition) is 4. The third-order valence-electron chi connectivity index (χ3n) is 5.36. The Morgan fingerprint density at radius 3 is 2.36 bits per heavy atom. The Morgan fingerprint density at radius 2 is 1.76 bits per heavy atom. The fourth-order valence-corrected chi connectivity index (χ4v) is 4.08. The number of hydrogen-bond donors (Lipinski definition) is 1. The quantitative estimate of drug-likeness (QED) is 0.702. The van der Waals surface area contributed by atoms with E-state index in [0.29, 0.717) is 31.5 Å². The molecule has 2 aliphatic heterocycles. The van der Waals surface area contributed by atoms with Crippen molar-refractivity contribution in [3.63, 3.8) is 0 Å². The van der Waals surface area contributed by atoms with E-state index in [-0.39, 0.29) is 17.7 Å². The van der Waals surface area contributed by atoms with Crippen LogP contribution in [0.15, 0.2) is 0 Å². The average molecular weight is 354 g/mol. The summed E-state index contributed by atoms with van der Waals surface area (Å²) in [6, 6.07) is 0. The lowest BCUT2D eigenvalue weighted by atomic mass is 9.92. The Bertz CT molecular complexity index is 426. The Morgan fingerprint density at radius 1 is 1.12 bits per heavy atom. The summed E-state index contributed by atoms with van der Waals surface area (Å²) in [6.45, 7) is 9.76. The Balaban J connectivity index is 1.67. The van der Waals surface area contributed by atoms with E-state index in [1.54, 1.807) is 7.11 Å². The lowest BCUT2D eigenvalue weighted by Crippen LogP contribution is -2.49. The van der Waals surface area contributed by atoms with Crippen LogP contribution in [0.4, 0.5) is 0 Å². The molecule has 2 unspecified atom stereocenters. The van der Waals surface area contributed by atoms with Crippen molar-refractivity contribution in [2.45, 2.75) is 39.5 Å². The summed E-state index contributed by atoms with van der Waals surface area (Å²) in [5.74, 6) is 1.69. The van der Waals surface area contributed by atoms with Crippen LogP contribution in [0.2, 0.25) is 0 Å². The summed E-state index contributed by atoms with van der Waals surface area (Å²) in [7, 11) is 1.67. The summed E-state index contributed by atoms with van der Waals surface area (Å²) in [4.78, 5) is 29.0. The first kappa shape index (κ1) is 20.2. The highest BCUT2D eigenvalue weighted by atomic mass is 16.5. The predicted molar refractivity (Wildman–Crippen MR) is 98.2 cm³/mol. The van der Waals surface area contributed by atoms with Crippen molar-refractivity contribution < 1.29 is 14.3 Å². The number of carbonyl (C=O) groups is 2. The maximum Gasteiger partial charge on any atom is 0.236 e. The van der Waals surface area contributed by atoms with Gasteiger partial charge in [-0.25, -0.2) is 0 Å². The van der Waals surface area contributed by atoms with E-state index >= 15 is 0 Å². The highest BCUT2D eigenvalue weighted by Gasteiger charge is 2.29. The predicted octanol–water partition coefficient (Wildman–Crippen LogP) is 1.36. The van der Waals surface area contributed by atoms with Gasteiger partial charge in [0.15, 0.2) is 0 Å². The van der Waals surface area contributed by atoms with Gasteiger partial charge in [-0.05, 0) is 50.6 Å². The Labute approximate surface area is 152 Å². The summed E-state index contributed by atoms with van der Waals surface area (Å²) in [5, 5.41) is 2.99. The minimum absolute atomic E-state index is 0.0870. The molecule has 0 spiro atoms. The zero-order valence-corrected chi connectivity index (χ0v) is 16.1. The Kier molecular flexibility index (Phi) is 8.16. The molecule has 2 amide bonds. The zero-order chi connectivity index (χ0) is 18.2. The molecule has 0 aliphatic carbocycles. The van der Waals surface area contributed by atoms with Gasteiger partial charge in [0.25, 0.3) is 0 Å². The Hall–Kier alpha value is -1.14. The standard InChI is InChI=1S/C19H35N3O3/c1-15-11-16(2)13-22(12-15)18(23)14-21-8-5-17(6-9-21)19(24)20-7-4-10-25-3/h15-17H,4-14H2,1-3H3,(H,20,24). The number of nitrogens with one attached hydrogen (secondary N) is 1. The molecule has 2 heterocycles. The van der Waals surface area contributed by atoms with Gasteiger partial charge in [0.1, 0.15) is 0 Å². The van der Waals surface area contributed by atoms with Crippen LogP contribution in [0, 0.1) is 17.8 Å². The van der Waals surface area contributed by atoms with E-state index in [2.05, 4.69) is 24.1 Å². The summed E-state index contributed by atoms with van der Waals surface area (Å²) >= 11 is 0. The van der Waals surface area contributed by atoms with Crippen LogP contribution in [-0.4, -0.2) is 74.6 Å². The molecule has 2 rings (SSSR count). The van der Waals surface area contributed by atoms with Crippen molar-refractivity contribution in [1.29, 1.82) is 0 Å². The van der Waals surface area contributed by atoms with Crippen molar-refractivity contribution in [3.8, 4) is 0 Å². The molecule has 0 aromatic rings. The van der Waals surface area contributed by atoms with Crippen LogP contribution in [0.5, 0.6) is 0 Å². The molecular weight excluding hydrogens is 318 g/mol. The summed E-state index contributed by atoms with van der Waals surface area (Å²) < 4.78 is 4.99. The van der Waals surface area contributed by atoms with Gasteiger partial charge in [0.2, 0.25) is 11.8 Å². The second-order valence-electron chi connectivity index (χ2n) is 7.93. The molecule has 2 aliphatic rings. The minimum atomic E-state index is 0.0870. The molecule has 2 saturated heterocycles. The van der Waals surface area contributed by atoms with E-state index in [0.717, 1.165) is 45.4 Å². The molecule has 6 nitrogen and oxygen atoms in total. The fourth-order valence-electron chi connectivity index (χ4n) is 4.08. The second kappa shape index (κ2) is 10.1. The molecule has 2 atom stereocenters. The normalized spacial score (nSPS) is 25.8. The van der Waals surface area contributed by atoms with Crippen LogP contribution < -0.4 is 5.32 Å². The third kappa shape index (κ3) is 6.59. The monoisotopic (exact) mass is 353 g/mol. The smallest absolute Gasteiger partial charge is 0.236 e. The van der Waals surface area contributed by atoms with Gasteiger partial charge >= 0.3 is 0 Å². The van der Waals surface area contributed by atoms with Gasteiger partial charge in [-0.2, -0.15) is 0 Å². The highest BCUT2D eigenvalue weighted by molar-refractivity contribution is 5.79. The van der Waals surface area contributed by atoms with Gasteiger partial charge in [0.05, 0.1) is 6.54 Å². The molecule has 2 fully saturated rings. The van der Waals surface area contributed by atoms with Crippen LogP contribution in [-0.2, 0) is 14.3 Å². The van der Waals surface area contributed by atoms with Crippen LogP contribution in [0.25, 0.3) is 0 Å². The van der Waals surface area contributed by atoms with E-state index in [1.165, 1.54) is 6.42 Å². The SMILES string of the molecule is COCCCNC(=O)C1CCN(CC(=O)N2CC(C)CC(C)C2)CC1. The average Bonchev–Trinajstić information content (AvgIpc) is 2.58. The van der Waals surface area contributed by atoms with E-state index in [9.17, 15) is 9.59 Å². The third-order valence-corrected chi connectivity index (χ3v) is 5.36. The number of methoxy groups -OCH3 is 1. The molecule has 0 bridgehead atoms. The maximum absolute atomic E-state index is 12.6. The lowest BCUT2D eigenvalue weighted by molar-refractivity contribution is -0.135. The number of carbonyl (C=O) groups excluding carboxylic acids is 2. The number of amides is 2. The van der Waals surface area contributed by atoms with Gasteiger partial charge in [-0.15, -0.1) is 0 Å². The number of likely N-dealkylation sites (tertiary alicyclic amines) is 2. The van der Waals surface area contributed by atoms with Gasteiger partial charge in [0, 0.05) is 39.3 Å². The summed E-state index contributed by atoms with van der Waals surface area (Å²) in [5.41, 5.74) is 0. The molecule has 144 valence electrons. The van der Waals surface area contributed by atoms with Crippen molar-refractivity contribution in [1.82, 2.24) is 15.1 Å². The van der Waals surface area contributed by atoms with E-state index in [1.807, 2.05) is 4.90 Å². The van der Waals surface area contributed by atoms with Crippen molar-refractivity contribution >= 4 is 11.8 Å². The van der Waals surface area contributed by atoms with Crippen molar-refractivity contribution in [2.75, 3.05) is 53.0 Å². The molecule has 1 N–H and O–H groups in total. The zero-order valence-electron chi connectivity index (χ0n) is 16.1. The van der Waals surface area contributed by atoms with E-state index in [4.69, 9.17) is 4.74 Å². The summed E-state index contributed by atoms with van der Waals surface area (Å²) in [6.07, 6.45) is 3.75. The van der Waals surface area contributed by atoms with Crippen LogP contribution >= 0.6 is 0 Å². The van der Waals surface area contributed by atoms with Crippen LogP contribution in [0.1, 0.15) is 39.5 Å². The largest absolute Gasteiger partial charge is 0.385 e. The van der Waals surface area contributed by atoms with Gasteiger partial charge in [-0.1, -0.05) is 13.8 Å². The van der Waals surface area contributed by atoms with Crippen molar-refractivity contribution in [3.05, 3.63) is 0 Å². The minimum Gasteiger partial charge on any atom is -0.385 e. The van der Waals surface area contributed by atoms with Crippen molar-refractivity contribution in [2.24, 2.45) is 17.8 Å². The molecule has 25 heavy (non-hydrogen) atoms. The van der Waals surface area contributed by atoms with Gasteiger partial charge < -0.3 is 15.0 Å². The van der Waals surface area contributed by atoms with Crippen LogP contribution in [0.3, 0.4) is 0 Å². The number of piperidine rings is 2. The highest BCUT2D eigenvalue weighted by Crippen LogP contribution is 2.22. The maximum atomic E-state index is 12.6. The molecule has 0 radical (unpaired) electrons. The number of rotatable bonds is 7. The molecule has 6 heteroatoms.